The van der Waals surface area contributed by atoms with Crippen LogP contribution >= 0.6 is 11.3 Å². The van der Waals surface area contributed by atoms with Gasteiger partial charge in [0.05, 0.1) is 12.8 Å². The van der Waals surface area contributed by atoms with E-state index in [1.807, 2.05) is 54.6 Å². The van der Waals surface area contributed by atoms with Crippen molar-refractivity contribution in [1.29, 1.82) is 0 Å². The smallest absolute Gasteiger partial charge is 0.350 e. The maximum atomic E-state index is 12.8. The number of anilines is 1. The Kier molecular flexibility index (Phi) is 5.27. The van der Waals surface area contributed by atoms with Crippen molar-refractivity contribution in [3.8, 4) is 11.5 Å². The molecule has 144 valence electrons. The Balaban J connectivity index is 1.57. The number of esters is 1. The largest absolute Gasteiger partial charge is 0.465 e. The summed E-state index contributed by atoms with van der Waals surface area (Å²) in [5.41, 5.74) is 0.920. The Hall–Kier alpha value is -3.64. The molecule has 0 aliphatic rings. The predicted molar refractivity (Wildman–Crippen MR) is 114 cm³/mol. The monoisotopic (exact) mass is 403 g/mol. The summed E-state index contributed by atoms with van der Waals surface area (Å²) in [5, 5.41) is 3.67. The molecule has 5 nitrogen and oxygen atoms in total. The first-order chi connectivity index (χ1) is 14.2. The minimum atomic E-state index is -0.479. The minimum Gasteiger partial charge on any atom is -0.465 e. The second kappa shape index (κ2) is 8.16. The van der Waals surface area contributed by atoms with Crippen LogP contribution in [0.15, 0.2) is 78.9 Å². The van der Waals surface area contributed by atoms with Gasteiger partial charge in [-0.25, -0.2) is 4.79 Å². The summed E-state index contributed by atoms with van der Waals surface area (Å²) >= 11 is 1.29. The van der Waals surface area contributed by atoms with Crippen molar-refractivity contribution in [3.63, 3.8) is 0 Å². The number of benzene rings is 3. The van der Waals surface area contributed by atoms with E-state index < -0.39 is 5.97 Å². The molecular weight excluding hydrogens is 386 g/mol. The summed E-state index contributed by atoms with van der Waals surface area (Å²) < 4.78 is 11.5. The number of fused-ring (bicyclic) bond motifs is 1. The van der Waals surface area contributed by atoms with Crippen molar-refractivity contribution in [1.82, 2.24) is 0 Å². The standard InChI is InChI=1S/C23H17NO4S/c1-27-23(26)21-20(18-9-5-6-10-19(18)29-21)24-22(25)15-11-13-17(14-12-15)28-16-7-3-2-4-8-16/h2-14H,1H3,(H,24,25). The fraction of sp³-hybridized carbons (Fsp3) is 0.0435. The Morgan fingerprint density at radius 2 is 1.48 bits per heavy atom. The van der Waals surface area contributed by atoms with Gasteiger partial charge in [-0.1, -0.05) is 36.4 Å². The summed E-state index contributed by atoms with van der Waals surface area (Å²) in [6.45, 7) is 0. The lowest BCUT2D eigenvalue weighted by atomic mass is 10.1. The summed E-state index contributed by atoms with van der Waals surface area (Å²) in [7, 11) is 1.32. The third-order valence-corrected chi connectivity index (χ3v) is 5.45. The molecule has 0 saturated carbocycles. The lowest BCUT2D eigenvalue weighted by Gasteiger charge is -2.08. The highest BCUT2D eigenvalue weighted by Gasteiger charge is 2.21. The van der Waals surface area contributed by atoms with Crippen LogP contribution in [0.5, 0.6) is 11.5 Å². The maximum Gasteiger partial charge on any atom is 0.350 e. The van der Waals surface area contributed by atoms with E-state index in [2.05, 4.69) is 5.32 Å². The molecule has 0 spiro atoms. The van der Waals surface area contributed by atoms with Crippen LogP contribution in [0, 0.1) is 0 Å². The van der Waals surface area contributed by atoms with Gasteiger partial charge in [-0.15, -0.1) is 11.3 Å². The average Bonchev–Trinajstić information content (AvgIpc) is 3.13. The number of carbonyl (C=O) groups excluding carboxylic acids is 2. The van der Waals surface area contributed by atoms with Gasteiger partial charge in [0, 0.05) is 15.6 Å². The first-order valence-electron chi connectivity index (χ1n) is 8.90. The molecule has 0 atom stereocenters. The molecule has 1 amide bonds. The quantitative estimate of drug-likeness (QED) is 0.432. The van der Waals surface area contributed by atoms with Crippen molar-refractivity contribution in [2.75, 3.05) is 12.4 Å². The number of carbonyl (C=O) groups is 2. The van der Waals surface area contributed by atoms with Crippen molar-refractivity contribution in [3.05, 3.63) is 89.3 Å². The molecule has 1 N–H and O–H groups in total. The average molecular weight is 403 g/mol. The van der Waals surface area contributed by atoms with Gasteiger partial charge in [-0.3, -0.25) is 4.79 Å². The Labute approximate surface area is 171 Å². The van der Waals surface area contributed by atoms with E-state index in [0.717, 1.165) is 15.8 Å². The van der Waals surface area contributed by atoms with Gasteiger partial charge in [-0.2, -0.15) is 0 Å². The maximum absolute atomic E-state index is 12.8. The molecule has 29 heavy (non-hydrogen) atoms. The van der Waals surface area contributed by atoms with Crippen LogP contribution in [0.2, 0.25) is 0 Å². The van der Waals surface area contributed by atoms with Crippen molar-refractivity contribution in [2.45, 2.75) is 0 Å². The van der Waals surface area contributed by atoms with E-state index >= 15 is 0 Å². The van der Waals surface area contributed by atoms with Crippen LogP contribution in [0.4, 0.5) is 5.69 Å². The van der Waals surface area contributed by atoms with E-state index in [9.17, 15) is 9.59 Å². The number of hydrogen-bond acceptors (Lipinski definition) is 5. The number of para-hydroxylation sites is 1. The van der Waals surface area contributed by atoms with Crippen LogP contribution in [0.1, 0.15) is 20.0 Å². The van der Waals surface area contributed by atoms with Gasteiger partial charge < -0.3 is 14.8 Å². The highest BCUT2D eigenvalue weighted by atomic mass is 32.1. The van der Waals surface area contributed by atoms with Crippen molar-refractivity contribution in [2.24, 2.45) is 0 Å². The second-order valence-corrected chi connectivity index (χ2v) is 7.24. The number of methoxy groups -OCH3 is 1. The molecule has 4 rings (SSSR count). The molecule has 3 aromatic carbocycles. The zero-order valence-corrected chi connectivity index (χ0v) is 16.4. The molecule has 4 aromatic rings. The summed E-state index contributed by atoms with van der Waals surface area (Å²) in [6, 6.07) is 23.7. The molecule has 6 heteroatoms. The fourth-order valence-electron chi connectivity index (χ4n) is 2.89. The Morgan fingerprint density at radius 1 is 0.828 bits per heavy atom. The number of nitrogens with one attached hydrogen (secondary N) is 1. The molecule has 0 fully saturated rings. The van der Waals surface area contributed by atoms with Gasteiger partial charge in [0.25, 0.3) is 5.91 Å². The fourth-order valence-corrected chi connectivity index (χ4v) is 3.97. The third-order valence-electron chi connectivity index (χ3n) is 4.30. The summed E-state index contributed by atoms with van der Waals surface area (Å²) in [4.78, 5) is 25.3. The number of hydrogen-bond donors (Lipinski definition) is 1. The van der Waals surface area contributed by atoms with Crippen LogP contribution in [0.25, 0.3) is 10.1 Å². The highest BCUT2D eigenvalue weighted by Crippen LogP contribution is 2.36. The minimum absolute atomic E-state index is 0.315. The molecule has 0 aliphatic carbocycles. The molecule has 0 radical (unpaired) electrons. The lowest BCUT2D eigenvalue weighted by Crippen LogP contribution is -2.14. The molecule has 0 aliphatic heterocycles. The van der Waals surface area contributed by atoms with Crippen LogP contribution in [-0.4, -0.2) is 19.0 Å². The Morgan fingerprint density at radius 3 is 2.21 bits per heavy atom. The van der Waals surface area contributed by atoms with Crippen LogP contribution in [-0.2, 0) is 4.74 Å². The molecule has 1 aromatic heterocycles. The first kappa shape index (κ1) is 18.7. The number of rotatable bonds is 5. The second-order valence-electron chi connectivity index (χ2n) is 6.19. The zero-order valence-electron chi connectivity index (χ0n) is 15.5. The van der Waals surface area contributed by atoms with Crippen LogP contribution in [0.3, 0.4) is 0 Å². The molecule has 0 bridgehead atoms. The van der Waals surface area contributed by atoms with E-state index in [0.29, 0.717) is 21.9 Å². The lowest BCUT2D eigenvalue weighted by molar-refractivity contribution is 0.0607. The van der Waals surface area contributed by atoms with E-state index in [1.165, 1.54) is 18.4 Å². The molecule has 0 unspecified atom stereocenters. The molecule has 0 saturated heterocycles. The van der Waals surface area contributed by atoms with Gasteiger partial charge in [0.2, 0.25) is 0 Å². The zero-order chi connectivity index (χ0) is 20.2. The first-order valence-corrected chi connectivity index (χ1v) is 9.71. The van der Waals surface area contributed by atoms with Crippen molar-refractivity contribution >= 4 is 39.0 Å². The van der Waals surface area contributed by atoms with E-state index in [-0.39, 0.29) is 5.91 Å². The molecular formula is C23H17NO4S. The third kappa shape index (κ3) is 3.97. The Bertz CT molecular complexity index is 1170. The SMILES string of the molecule is COC(=O)c1sc2ccccc2c1NC(=O)c1ccc(Oc2ccccc2)cc1. The summed E-state index contributed by atoms with van der Waals surface area (Å²) in [5.74, 6) is 0.555. The number of thiophene rings is 1. The normalized spacial score (nSPS) is 10.5. The highest BCUT2D eigenvalue weighted by molar-refractivity contribution is 7.21. The van der Waals surface area contributed by atoms with Gasteiger partial charge in [0.15, 0.2) is 0 Å². The van der Waals surface area contributed by atoms with Crippen LogP contribution < -0.4 is 10.1 Å². The topological polar surface area (TPSA) is 64.6 Å². The van der Waals surface area contributed by atoms with Gasteiger partial charge in [-0.05, 0) is 42.5 Å². The number of amides is 1. The van der Waals surface area contributed by atoms with Gasteiger partial charge in [0.1, 0.15) is 16.4 Å². The number of ether oxygens (including phenoxy) is 2. The molecule has 1 heterocycles. The van der Waals surface area contributed by atoms with E-state index in [4.69, 9.17) is 9.47 Å². The predicted octanol–water partition coefficient (Wildman–Crippen LogP) is 5.73. The van der Waals surface area contributed by atoms with Crippen molar-refractivity contribution < 1.29 is 19.1 Å². The summed E-state index contributed by atoms with van der Waals surface area (Å²) in [6.07, 6.45) is 0. The van der Waals surface area contributed by atoms with E-state index in [1.54, 1.807) is 24.3 Å². The van der Waals surface area contributed by atoms with Gasteiger partial charge >= 0.3 is 5.97 Å².